The third-order valence-electron chi connectivity index (χ3n) is 3.71. The lowest BCUT2D eigenvalue weighted by atomic mass is 10.2. The molecule has 2 aliphatic heterocycles. The number of ether oxygens (including phenoxy) is 1. The average molecular weight is 233 g/mol. The van der Waals surface area contributed by atoms with Crippen molar-refractivity contribution in [2.75, 3.05) is 32.8 Å². The Bertz CT molecular complexity index is 197. The van der Waals surface area contributed by atoms with Gasteiger partial charge in [-0.1, -0.05) is 0 Å². The highest BCUT2D eigenvalue weighted by molar-refractivity contribution is 5.85. The van der Waals surface area contributed by atoms with Crippen LogP contribution in [0.2, 0.25) is 0 Å². The molecule has 0 spiro atoms. The fourth-order valence-corrected chi connectivity index (χ4v) is 2.59. The predicted molar refractivity (Wildman–Crippen MR) is 62.6 cm³/mol. The lowest BCUT2D eigenvalue weighted by Crippen LogP contribution is -2.47. The van der Waals surface area contributed by atoms with Crippen molar-refractivity contribution in [3.63, 3.8) is 0 Å². The third-order valence-corrected chi connectivity index (χ3v) is 3.71. The highest BCUT2D eigenvalue weighted by Crippen LogP contribution is 2.30. The Morgan fingerprint density at radius 3 is 2.93 bits per heavy atom. The van der Waals surface area contributed by atoms with Crippen LogP contribution in [0.5, 0.6) is 0 Å². The number of hydrogen-bond acceptors (Lipinski definition) is 3. The molecule has 0 aromatic carbocycles. The summed E-state index contributed by atoms with van der Waals surface area (Å²) in [5.74, 6) is 0.908. The molecule has 1 saturated carbocycles. The van der Waals surface area contributed by atoms with Crippen molar-refractivity contribution < 1.29 is 4.74 Å². The highest BCUT2D eigenvalue weighted by Gasteiger charge is 2.34. The lowest BCUT2D eigenvalue weighted by molar-refractivity contribution is 0.0520. The molecule has 15 heavy (non-hydrogen) atoms. The molecule has 2 heterocycles. The van der Waals surface area contributed by atoms with Crippen LogP contribution in [-0.4, -0.2) is 49.8 Å². The first-order chi connectivity index (χ1) is 6.92. The monoisotopic (exact) mass is 232 g/mol. The topological polar surface area (TPSA) is 24.5 Å². The van der Waals surface area contributed by atoms with E-state index in [1.807, 2.05) is 0 Å². The smallest absolute Gasteiger partial charge is 0.0717 e. The van der Waals surface area contributed by atoms with Crippen LogP contribution in [0, 0.1) is 5.92 Å². The van der Waals surface area contributed by atoms with Crippen LogP contribution < -0.4 is 5.32 Å². The first-order valence-corrected chi connectivity index (χ1v) is 5.98. The number of nitrogens with zero attached hydrogens (tertiary/aromatic N) is 1. The van der Waals surface area contributed by atoms with Gasteiger partial charge in [0.2, 0.25) is 0 Å². The summed E-state index contributed by atoms with van der Waals surface area (Å²) in [6.45, 7) is 5.75. The molecule has 0 bridgehead atoms. The van der Waals surface area contributed by atoms with Crippen LogP contribution in [0.25, 0.3) is 0 Å². The zero-order valence-electron chi connectivity index (χ0n) is 9.15. The summed E-state index contributed by atoms with van der Waals surface area (Å²) in [6.07, 6.45) is 4.59. The molecule has 0 radical (unpaired) electrons. The van der Waals surface area contributed by atoms with Crippen LogP contribution in [0.1, 0.15) is 19.3 Å². The van der Waals surface area contributed by atoms with Gasteiger partial charge in [-0.2, -0.15) is 0 Å². The summed E-state index contributed by atoms with van der Waals surface area (Å²) >= 11 is 0. The summed E-state index contributed by atoms with van der Waals surface area (Å²) in [7, 11) is 0. The lowest BCUT2D eigenvalue weighted by Gasteiger charge is -2.29. The first kappa shape index (κ1) is 11.6. The Morgan fingerprint density at radius 2 is 2.20 bits per heavy atom. The summed E-state index contributed by atoms with van der Waals surface area (Å²) in [4.78, 5) is 2.59. The van der Waals surface area contributed by atoms with Crippen LogP contribution in [0.4, 0.5) is 0 Å². The Morgan fingerprint density at radius 1 is 1.33 bits per heavy atom. The van der Waals surface area contributed by atoms with Crippen molar-refractivity contribution in [3.8, 4) is 0 Å². The third kappa shape index (κ3) is 2.84. The van der Waals surface area contributed by atoms with Crippen molar-refractivity contribution in [2.45, 2.75) is 31.4 Å². The zero-order chi connectivity index (χ0) is 9.38. The predicted octanol–water partition coefficient (Wildman–Crippen LogP) is 0.881. The SMILES string of the molecule is C1CN2CC(OCC3CC3)CC2CN1.Cl. The largest absolute Gasteiger partial charge is 0.377 e. The van der Waals surface area contributed by atoms with E-state index in [1.54, 1.807) is 0 Å². The molecule has 4 heteroatoms. The molecular weight excluding hydrogens is 212 g/mol. The molecule has 0 aromatic heterocycles. The van der Waals surface area contributed by atoms with Crippen molar-refractivity contribution in [1.82, 2.24) is 10.2 Å². The second-order valence-electron chi connectivity index (χ2n) is 4.99. The number of nitrogens with one attached hydrogen (secondary N) is 1. The van der Waals surface area contributed by atoms with Crippen molar-refractivity contribution in [1.29, 1.82) is 0 Å². The Labute approximate surface area is 97.9 Å². The summed E-state index contributed by atoms with van der Waals surface area (Å²) in [5.41, 5.74) is 0. The van der Waals surface area contributed by atoms with E-state index >= 15 is 0 Å². The van der Waals surface area contributed by atoms with Crippen molar-refractivity contribution in [3.05, 3.63) is 0 Å². The zero-order valence-corrected chi connectivity index (χ0v) is 9.97. The molecule has 1 N–H and O–H groups in total. The van der Waals surface area contributed by atoms with Crippen molar-refractivity contribution in [2.24, 2.45) is 5.92 Å². The van der Waals surface area contributed by atoms with Gasteiger partial charge in [-0.25, -0.2) is 0 Å². The molecule has 3 aliphatic rings. The van der Waals surface area contributed by atoms with Gasteiger partial charge in [-0.05, 0) is 25.2 Å². The molecule has 88 valence electrons. The molecule has 2 saturated heterocycles. The molecule has 1 aliphatic carbocycles. The fraction of sp³-hybridized carbons (Fsp3) is 1.00. The van der Waals surface area contributed by atoms with Gasteiger partial charge in [0.25, 0.3) is 0 Å². The van der Waals surface area contributed by atoms with Gasteiger partial charge < -0.3 is 10.1 Å². The first-order valence-electron chi connectivity index (χ1n) is 5.98. The molecule has 0 aromatic rings. The summed E-state index contributed by atoms with van der Waals surface area (Å²) in [6, 6.07) is 0.757. The van der Waals surface area contributed by atoms with Gasteiger partial charge in [0, 0.05) is 38.8 Å². The molecular formula is C11H21ClN2O. The maximum atomic E-state index is 5.95. The van der Waals surface area contributed by atoms with E-state index in [0.29, 0.717) is 6.10 Å². The average Bonchev–Trinajstić information content (AvgIpc) is 2.94. The van der Waals surface area contributed by atoms with Crippen LogP contribution in [0.15, 0.2) is 0 Å². The van der Waals surface area contributed by atoms with Crippen LogP contribution >= 0.6 is 12.4 Å². The maximum absolute atomic E-state index is 5.95. The highest BCUT2D eigenvalue weighted by atomic mass is 35.5. The Kier molecular flexibility index (Phi) is 3.88. The molecule has 3 fully saturated rings. The number of rotatable bonds is 3. The van der Waals surface area contributed by atoms with E-state index in [2.05, 4.69) is 10.2 Å². The van der Waals surface area contributed by atoms with E-state index in [4.69, 9.17) is 4.74 Å². The van der Waals surface area contributed by atoms with Crippen LogP contribution in [-0.2, 0) is 4.74 Å². The van der Waals surface area contributed by atoms with Crippen LogP contribution in [0.3, 0.4) is 0 Å². The fourth-order valence-electron chi connectivity index (χ4n) is 2.59. The Balaban J connectivity index is 0.000000853. The minimum absolute atomic E-state index is 0. The minimum Gasteiger partial charge on any atom is -0.377 e. The van der Waals surface area contributed by atoms with Gasteiger partial charge in [0.1, 0.15) is 0 Å². The van der Waals surface area contributed by atoms with E-state index < -0.39 is 0 Å². The van der Waals surface area contributed by atoms with E-state index in [-0.39, 0.29) is 12.4 Å². The quantitative estimate of drug-likeness (QED) is 0.782. The van der Waals surface area contributed by atoms with Gasteiger partial charge in [-0.15, -0.1) is 12.4 Å². The second-order valence-corrected chi connectivity index (χ2v) is 4.99. The summed E-state index contributed by atoms with van der Waals surface area (Å²) in [5, 5.41) is 3.46. The number of hydrogen-bond donors (Lipinski definition) is 1. The number of piperazine rings is 1. The van der Waals surface area contributed by atoms with Gasteiger partial charge >= 0.3 is 0 Å². The molecule has 2 atom stereocenters. The van der Waals surface area contributed by atoms with Gasteiger partial charge in [-0.3, -0.25) is 4.90 Å². The molecule has 2 unspecified atom stereocenters. The van der Waals surface area contributed by atoms with E-state index in [1.165, 1.54) is 38.9 Å². The molecule has 0 amide bonds. The molecule has 3 nitrogen and oxygen atoms in total. The van der Waals surface area contributed by atoms with Gasteiger partial charge in [0.15, 0.2) is 0 Å². The van der Waals surface area contributed by atoms with Gasteiger partial charge in [0.05, 0.1) is 6.10 Å². The number of fused-ring (bicyclic) bond motifs is 1. The van der Waals surface area contributed by atoms with E-state index in [9.17, 15) is 0 Å². The maximum Gasteiger partial charge on any atom is 0.0717 e. The number of halogens is 1. The standard InChI is InChI=1S/C11H20N2O.ClH/c1-2-9(1)8-14-11-5-10-6-12-3-4-13(10)7-11;/h9-12H,1-8H2;1H. The molecule has 3 rings (SSSR count). The summed E-state index contributed by atoms with van der Waals surface area (Å²) < 4.78 is 5.95. The van der Waals surface area contributed by atoms with E-state index in [0.717, 1.165) is 25.1 Å². The Hall–Kier alpha value is 0.170. The minimum atomic E-state index is 0. The van der Waals surface area contributed by atoms with Crippen molar-refractivity contribution >= 4 is 12.4 Å². The normalized spacial score (nSPS) is 36.0. The second kappa shape index (κ2) is 5.00.